The van der Waals surface area contributed by atoms with Crippen molar-refractivity contribution in [3.63, 3.8) is 0 Å². The third-order valence-electron chi connectivity index (χ3n) is 5.48. The van der Waals surface area contributed by atoms with E-state index in [1.807, 2.05) is 24.3 Å². The third-order valence-corrected chi connectivity index (χ3v) is 5.73. The van der Waals surface area contributed by atoms with Crippen LogP contribution in [0, 0.1) is 0 Å². The van der Waals surface area contributed by atoms with Gasteiger partial charge in [0.25, 0.3) is 0 Å². The molecule has 1 aliphatic carbocycles. The Morgan fingerprint density at radius 3 is 2.58 bits per heavy atom. The van der Waals surface area contributed by atoms with Crippen molar-refractivity contribution in [1.29, 1.82) is 0 Å². The maximum Gasteiger partial charge on any atom is 0.163 e. The Balaban J connectivity index is 1.78. The number of hydrogen-bond acceptors (Lipinski definition) is 2. The molecule has 0 saturated carbocycles. The van der Waals surface area contributed by atoms with Gasteiger partial charge in [0.1, 0.15) is 0 Å². The van der Waals surface area contributed by atoms with Crippen LogP contribution in [0.1, 0.15) is 36.4 Å². The molecular weight excluding hydrogens is 342 g/mol. The van der Waals surface area contributed by atoms with Crippen molar-refractivity contribution in [2.75, 3.05) is 5.32 Å². The van der Waals surface area contributed by atoms with E-state index >= 15 is 0 Å². The topological polar surface area (TPSA) is 29.1 Å². The van der Waals surface area contributed by atoms with E-state index in [0.717, 1.165) is 45.6 Å². The molecule has 26 heavy (non-hydrogen) atoms. The van der Waals surface area contributed by atoms with Crippen LogP contribution in [0.4, 0.5) is 5.69 Å². The van der Waals surface area contributed by atoms with Crippen LogP contribution in [-0.2, 0) is 4.79 Å². The highest BCUT2D eigenvalue weighted by molar-refractivity contribution is 6.30. The van der Waals surface area contributed by atoms with Gasteiger partial charge in [-0.1, -0.05) is 54.1 Å². The van der Waals surface area contributed by atoms with E-state index in [4.69, 9.17) is 11.6 Å². The van der Waals surface area contributed by atoms with Crippen molar-refractivity contribution < 1.29 is 4.79 Å². The molecule has 2 nitrogen and oxygen atoms in total. The summed E-state index contributed by atoms with van der Waals surface area (Å²) >= 11 is 6.07. The van der Waals surface area contributed by atoms with E-state index < -0.39 is 0 Å². The number of nitrogens with one attached hydrogen (secondary N) is 1. The average molecular weight is 360 g/mol. The molecule has 0 radical (unpaired) electrons. The molecule has 1 atom stereocenters. The first kappa shape index (κ1) is 15.7. The Labute approximate surface area is 157 Å². The lowest BCUT2D eigenvalue weighted by atomic mass is 9.77. The monoisotopic (exact) mass is 359 g/mol. The van der Waals surface area contributed by atoms with Crippen LogP contribution < -0.4 is 5.32 Å². The molecule has 1 heterocycles. The van der Waals surface area contributed by atoms with Gasteiger partial charge in [0.2, 0.25) is 0 Å². The molecule has 0 bridgehead atoms. The highest BCUT2D eigenvalue weighted by atomic mass is 35.5. The van der Waals surface area contributed by atoms with Crippen LogP contribution in [0.25, 0.3) is 16.3 Å². The lowest BCUT2D eigenvalue weighted by Gasteiger charge is -2.35. The highest BCUT2D eigenvalue weighted by Gasteiger charge is 2.34. The van der Waals surface area contributed by atoms with Crippen molar-refractivity contribution in [3.8, 4) is 0 Å². The number of carbonyl (C=O) groups is 1. The summed E-state index contributed by atoms with van der Waals surface area (Å²) < 4.78 is 0. The number of fused-ring (bicyclic) bond motifs is 4. The smallest absolute Gasteiger partial charge is 0.163 e. The number of allylic oxidation sites excluding steroid dienone is 1. The largest absolute Gasteiger partial charge is 0.374 e. The van der Waals surface area contributed by atoms with Gasteiger partial charge in [-0.2, -0.15) is 0 Å². The highest BCUT2D eigenvalue weighted by Crippen LogP contribution is 2.47. The number of benzene rings is 3. The molecule has 0 saturated heterocycles. The fourth-order valence-electron chi connectivity index (χ4n) is 4.30. The predicted octanol–water partition coefficient (Wildman–Crippen LogP) is 6.17. The van der Waals surface area contributed by atoms with Gasteiger partial charge in [0, 0.05) is 28.3 Å². The third kappa shape index (κ3) is 2.37. The maximum absolute atomic E-state index is 13.0. The Bertz CT molecular complexity index is 1070. The number of rotatable bonds is 1. The van der Waals surface area contributed by atoms with E-state index in [-0.39, 0.29) is 11.8 Å². The van der Waals surface area contributed by atoms with Gasteiger partial charge < -0.3 is 5.32 Å². The van der Waals surface area contributed by atoms with Gasteiger partial charge in [-0.3, -0.25) is 4.79 Å². The molecular formula is C23H18ClNO. The van der Waals surface area contributed by atoms with Crippen LogP contribution in [0.5, 0.6) is 0 Å². The van der Waals surface area contributed by atoms with Gasteiger partial charge >= 0.3 is 0 Å². The van der Waals surface area contributed by atoms with E-state index in [1.165, 1.54) is 11.0 Å². The van der Waals surface area contributed by atoms with Crippen LogP contribution in [0.15, 0.2) is 66.2 Å². The molecule has 3 aromatic carbocycles. The summed E-state index contributed by atoms with van der Waals surface area (Å²) in [7, 11) is 0. The summed E-state index contributed by atoms with van der Waals surface area (Å²) in [6, 6.07) is 20.5. The Morgan fingerprint density at radius 2 is 1.73 bits per heavy atom. The SMILES string of the molecule is O=C1CCCC2=C1c1c(ccc3ccccc13)NC2c1ccc(Cl)cc1. The lowest BCUT2D eigenvalue weighted by Crippen LogP contribution is -2.25. The van der Waals surface area contributed by atoms with Crippen molar-refractivity contribution in [1.82, 2.24) is 0 Å². The summed E-state index contributed by atoms with van der Waals surface area (Å²) in [4.78, 5) is 13.0. The Morgan fingerprint density at radius 1 is 0.923 bits per heavy atom. The average Bonchev–Trinajstić information content (AvgIpc) is 2.68. The van der Waals surface area contributed by atoms with E-state index in [0.29, 0.717) is 6.42 Å². The van der Waals surface area contributed by atoms with Crippen LogP contribution in [0.2, 0.25) is 5.02 Å². The molecule has 0 spiro atoms. The summed E-state index contributed by atoms with van der Waals surface area (Å²) in [5.74, 6) is 0.268. The summed E-state index contributed by atoms with van der Waals surface area (Å²) in [6.07, 6.45) is 2.50. The minimum absolute atomic E-state index is 0.0279. The minimum Gasteiger partial charge on any atom is -0.374 e. The van der Waals surface area contributed by atoms with E-state index in [1.54, 1.807) is 0 Å². The predicted molar refractivity (Wildman–Crippen MR) is 108 cm³/mol. The van der Waals surface area contributed by atoms with Gasteiger partial charge in [0.15, 0.2) is 5.78 Å². The number of ketones is 1. The van der Waals surface area contributed by atoms with Crippen molar-refractivity contribution in [2.45, 2.75) is 25.3 Å². The van der Waals surface area contributed by atoms with Crippen molar-refractivity contribution in [3.05, 3.63) is 82.4 Å². The van der Waals surface area contributed by atoms with Crippen LogP contribution >= 0.6 is 11.6 Å². The molecule has 0 aromatic heterocycles. The van der Waals surface area contributed by atoms with Gasteiger partial charge in [-0.25, -0.2) is 0 Å². The first-order valence-corrected chi connectivity index (χ1v) is 9.40. The quantitative estimate of drug-likeness (QED) is 0.563. The van der Waals surface area contributed by atoms with Crippen molar-refractivity contribution in [2.24, 2.45) is 0 Å². The van der Waals surface area contributed by atoms with Crippen LogP contribution in [0.3, 0.4) is 0 Å². The molecule has 0 amide bonds. The van der Waals surface area contributed by atoms with Gasteiger partial charge in [-0.15, -0.1) is 0 Å². The fraction of sp³-hybridized carbons (Fsp3) is 0.174. The molecule has 3 heteroatoms. The molecule has 1 N–H and O–H groups in total. The summed E-state index contributed by atoms with van der Waals surface area (Å²) in [5.41, 5.74) is 5.41. The Hall–Kier alpha value is -2.58. The number of Topliss-reactive ketones (excluding diaryl/α,β-unsaturated/α-hetero) is 1. The first-order chi connectivity index (χ1) is 12.7. The molecule has 1 aliphatic heterocycles. The molecule has 1 unspecified atom stereocenters. The van der Waals surface area contributed by atoms with Crippen molar-refractivity contribution >= 4 is 39.4 Å². The number of anilines is 1. The zero-order valence-corrected chi connectivity index (χ0v) is 15.0. The Kier molecular flexibility index (Phi) is 3.61. The second kappa shape index (κ2) is 6.00. The second-order valence-corrected chi connectivity index (χ2v) is 7.45. The lowest BCUT2D eigenvalue weighted by molar-refractivity contribution is -0.114. The van der Waals surface area contributed by atoms with Gasteiger partial charge in [0.05, 0.1) is 6.04 Å². The molecule has 128 valence electrons. The maximum atomic E-state index is 13.0. The second-order valence-electron chi connectivity index (χ2n) is 7.02. The number of hydrogen-bond donors (Lipinski definition) is 1. The standard InChI is InChI=1S/C23H18ClNO/c24-16-11-8-15(9-12-16)23-18-6-3-7-20(26)22(18)21-17-5-2-1-4-14(17)10-13-19(21)25-23/h1-2,4-5,8-13,23,25H,3,6-7H2. The first-order valence-electron chi connectivity index (χ1n) is 9.03. The summed E-state index contributed by atoms with van der Waals surface area (Å²) in [5, 5.41) is 6.74. The number of halogens is 1. The number of carbonyl (C=O) groups excluding carboxylic acids is 1. The van der Waals surface area contributed by atoms with E-state index in [2.05, 4.69) is 41.7 Å². The minimum atomic E-state index is 0.0279. The molecule has 5 rings (SSSR count). The normalized spacial score (nSPS) is 19.1. The summed E-state index contributed by atoms with van der Waals surface area (Å²) in [6.45, 7) is 0. The molecule has 2 aliphatic rings. The fourth-order valence-corrected chi connectivity index (χ4v) is 4.43. The molecule has 3 aromatic rings. The van der Waals surface area contributed by atoms with Crippen LogP contribution in [-0.4, -0.2) is 5.78 Å². The molecule has 0 fully saturated rings. The van der Waals surface area contributed by atoms with E-state index in [9.17, 15) is 4.79 Å². The zero-order chi connectivity index (χ0) is 17.7. The van der Waals surface area contributed by atoms with Gasteiger partial charge in [-0.05, 0) is 52.9 Å². The zero-order valence-electron chi connectivity index (χ0n) is 14.3.